The summed E-state index contributed by atoms with van der Waals surface area (Å²) in [5.74, 6) is -0.130. The van der Waals surface area contributed by atoms with Crippen LogP contribution in [0.3, 0.4) is 0 Å². The minimum absolute atomic E-state index is 0.501. The molecule has 2 N–H and O–H groups in total. The largest absolute Gasteiger partial charge is 0.480 e. The van der Waals surface area contributed by atoms with Gasteiger partial charge in [-0.15, -0.1) is 0 Å². The molecular formula is C25H26ClNO2S. The lowest BCUT2D eigenvalue weighted by Crippen LogP contribution is -2.53. The SMILES string of the molecule is CSCC[C@H](NC(c1ccccc1)(c1ccc(C)cc1)c1ccccc1Cl)C(=O)O. The predicted molar refractivity (Wildman–Crippen MR) is 127 cm³/mol. The van der Waals surface area contributed by atoms with Crippen LogP contribution >= 0.6 is 23.4 Å². The summed E-state index contributed by atoms with van der Waals surface area (Å²) in [4.78, 5) is 12.2. The second-order valence-electron chi connectivity index (χ2n) is 7.28. The molecule has 2 atom stereocenters. The molecule has 0 aliphatic heterocycles. The van der Waals surface area contributed by atoms with Crippen LogP contribution in [0.4, 0.5) is 0 Å². The van der Waals surface area contributed by atoms with E-state index in [1.807, 2.05) is 92.0 Å². The van der Waals surface area contributed by atoms with E-state index >= 15 is 0 Å². The molecule has 3 nitrogen and oxygen atoms in total. The Balaban J connectivity index is 2.30. The third kappa shape index (κ3) is 4.72. The smallest absolute Gasteiger partial charge is 0.320 e. The average molecular weight is 440 g/mol. The van der Waals surface area contributed by atoms with Crippen LogP contribution in [0.2, 0.25) is 5.02 Å². The third-order valence-corrected chi connectivity index (χ3v) is 6.24. The molecule has 1 unspecified atom stereocenters. The van der Waals surface area contributed by atoms with Crippen LogP contribution in [0.25, 0.3) is 0 Å². The quantitative estimate of drug-likeness (QED) is 0.417. The molecule has 0 amide bonds. The molecule has 0 saturated heterocycles. The number of carboxylic acid groups (broad SMARTS) is 1. The molecular weight excluding hydrogens is 414 g/mol. The van der Waals surface area contributed by atoms with E-state index in [-0.39, 0.29) is 0 Å². The van der Waals surface area contributed by atoms with Crippen molar-refractivity contribution >= 4 is 29.3 Å². The van der Waals surface area contributed by atoms with Crippen molar-refractivity contribution in [2.24, 2.45) is 0 Å². The molecule has 3 aromatic rings. The second-order valence-corrected chi connectivity index (χ2v) is 8.67. The number of carboxylic acids is 1. The van der Waals surface area contributed by atoms with Crippen molar-refractivity contribution in [1.82, 2.24) is 5.32 Å². The lowest BCUT2D eigenvalue weighted by Gasteiger charge is -2.39. The van der Waals surface area contributed by atoms with E-state index in [1.165, 1.54) is 0 Å². The van der Waals surface area contributed by atoms with E-state index in [2.05, 4.69) is 5.32 Å². The number of aryl methyl sites for hydroxylation is 1. The molecule has 0 heterocycles. The Morgan fingerprint density at radius 1 is 1.00 bits per heavy atom. The first-order valence-corrected chi connectivity index (χ1v) is 11.6. The summed E-state index contributed by atoms with van der Waals surface area (Å²) in [5.41, 5.74) is 2.95. The van der Waals surface area contributed by atoms with Crippen LogP contribution in [-0.4, -0.2) is 29.1 Å². The first-order valence-electron chi connectivity index (χ1n) is 9.86. The Hall–Kier alpha value is -2.27. The molecule has 0 fully saturated rings. The van der Waals surface area contributed by atoms with Crippen LogP contribution in [0.15, 0.2) is 78.9 Å². The summed E-state index contributed by atoms with van der Waals surface area (Å²) in [7, 11) is 0. The van der Waals surface area contributed by atoms with Crippen molar-refractivity contribution in [3.8, 4) is 0 Å². The van der Waals surface area contributed by atoms with Gasteiger partial charge in [0.15, 0.2) is 0 Å². The summed E-state index contributed by atoms with van der Waals surface area (Å²) < 4.78 is 0. The maximum absolute atomic E-state index is 12.2. The molecule has 5 heteroatoms. The Labute approximate surface area is 187 Å². The number of nitrogens with one attached hydrogen (secondary N) is 1. The summed E-state index contributed by atoms with van der Waals surface area (Å²) in [5, 5.41) is 14.1. The van der Waals surface area contributed by atoms with Crippen LogP contribution in [0.1, 0.15) is 28.7 Å². The number of benzene rings is 3. The zero-order chi connectivity index (χ0) is 21.6. The molecule has 3 aromatic carbocycles. The summed E-state index contributed by atoms with van der Waals surface area (Å²) >= 11 is 8.35. The Bertz CT molecular complexity index is 978. The zero-order valence-corrected chi connectivity index (χ0v) is 18.7. The summed E-state index contributed by atoms with van der Waals surface area (Å²) in [6, 6.07) is 25.0. The monoisotopic (exact) mass is 439 g/mol. The first-order chi connectivity index (χ1) is 14.5. The molecule has 30 heavy (non-hydrogen) atoms. The average Bonchev–Trinajstić information content (AvgIpc) is 2.76. The van der Waals surface area contributed by atoms with Crippen molar-refractivity contribution in [2.45, 2.75) is 24.9 Å². The highest BCUT2D eigenvalue weighted by atomic mass is 35.5. The van der Waals surface area contributed by atoms with E-state index in [0.29, 0.717) is 11.4 Å². The molecule has 0 spiro atoms. The minimum atomic E-state index is -0.908. The van der Waals surface area contributed by atoms with E-state index in [1.54, 1.807) is 11.8 Å². The van der Waals surface area contributed by atoms with E-state index < -0.39 is 17.6 Å². The molecule has 0 aliphatic carbocycles. The van der Waals surface area contributed by atoms with Gasteiger partial charge in [-0.3, -0.25) is 10.1 Å². The number of hydrogen-bond donors (Lipinski definition) is 2. The molecule has 0 saturated carbocycles. The van der Waals surface area contributed by atoms with Crippen molar-refractivity contribution in [2.75, 3.05) is 12.0 Å². The molecule has 156 valence electrons. The number of aliphatic carboxylic acids is 1. The van der Waals surface area contributed by atoms with Gasteiger partial charge in [0.2, 0.25) is 0 Å². The Morgan fingerprint density at radius 3 is 2.20 bits per heavy atom. The number of rotatable bonds is 9. The van der Waals surface area contributed by atoms with Crippen molar-refractivity contribution < 1.29 is 9.90 Å². The molecule has 0 bridgehead atoms. The lowest BCUT2D eigenvalue weighted by molar-refractivity contribution is -0.139. The molecule has 0 radical (unpaired) electrons. The maximum Gasteiger partial charge on any atom is 0.320 e. The molecule has 0 aromatic heterocycles. The van der Waals surface area contributed by atoms with Gasteiger partial charge in [0.1, 0.15) is 6.04 Å². The Morgan fingerprint density at radius 2 is 1.60 bits per heavy atom. The van der Waals surface area contributed by atoms with E-state index in [0.717, 1.165) is 28.0 Å². The summed E-state index contributed by atoms with van der Waals surface area (Å²) in [6.45, 7) is 2.04. The number of halogens is 1. The van der Waals surface area contributed by atoms with Crippen LogP contribution in [0.5, 0.6) is 0 Å². The Kier molecular flexibility index (Phi) is 7.59. The topological polar surface area (TPSA) is 49.3 Å². The minimum Gasteiger partial charge on any atom is -0.480 e. The fourth-order valence-corrected chi connectivity index (χ4v) is 4.48. The van der Waals surface area contributed by atoms with Crippen LogP contribution < -0.4 is 5.32 Å². The van der Waals surface area contributed by atoms with E-state index in [4.69, 9.17) is 11.6 Å². The maximum atomic E-state index is 12.2. The van der Waals surface area contributed by atoms with Gasteiger partial charge in [0.05, 0.1) is 5.54 Å². The van der Waals surface area contributed by atoms with Crippen LogP contribution in [0, 0.1) is 6.92 Å². The number of hydrogen-bond acceptors (Lipinski definition) is 3. The third-order valence-electron chi connectivity index (χ3n) is 5.27. The van der Waals surface area contributed by atoms with Gasteiger partial charge in [-0.1, -0.05) is 90.0 Å². The van der Waals surface area contributed by atoms with Gasteiger partial charge in [0, 0.05) is 5.02 Å². The second kappa shape index (κ2) is 10.2. The van der Waals surface area contributed by atoms with Crippen molar-refractivity contribution in [3.05, 3.63) is 106 Å². The van der Waals surface area contributed by atoms with Crippen molar-refractivity contribution in [1.29, 1.82) is 0 Å². The van der Waals surface area contributed by atoms with Crippen LogP contribution in [-0.2, 0) is 10.3 Å². The van der Waals surface area contributed by atoms with Gasteiger partial charge >= 0.3 is 5.97 Å². The van der Waals surface area contributed by atoms with Gasteiger partial charge < -0.3 is 5.11 Å². The van der Waals surface area contributed by atoms with E-state index in [9.17, 15) is 9.90 Å². The van der Waals surface area contributed by atoms with Crippen molar-refractivity contribution in [3.63, 3.8) is 0 Å². The van der Waals surface area contributed by atoms with Gasteiger partial charge in [0.25, 0.3) is 0 Å². The predicted octanol–water partition coefficient (Wildman–Crippen LogP) is 5.74. The fourth-order valence-electron chi connectivity index (χ4n) is 3.73. The highest BCUT2D eigenvalue weighted by Gasteiger charge is 2.41. The molecule has 3 rings (SSSR count). The van der Waals surface area contributed by atoms with Gasteiger partial charge in [-0.25, -0.2) is 0 Å². The number of thioether (sulfide) groups is 1. The lowest BCUT2D eigenvalue weighted by atomic mass is 9.76. The first kappa shape index (κ1) is 22.4. The standard InChI is InChI=1S/C25H26ClNO2S/c1-18-12-14-20(15-13-18)25(19-8-4-3-5-9-19,21-10-6-7-11-22(21)26)27-23(24(28)29)16-17-30-2/h3-15,23,27H,16-17H2,1-2H3,(H,28,29)/t23-,25?/m0/s1. The number of carbonyl (C=O) groups is 1. The normalized spacial score (nSPS) is 14.1. The van der Waals surface area contributed by atoms with Gasteiger partial charge in [-0.05, 0) is 48.1 Å². The fraction of sp³-hybridized carbons (Fsp3) is 0.240. The van der Waals surface area contributed by atoms with Gasteiger partial charge in [-0.2, -0.15) is 11.8 Å². The summed E-state index contributed by atoms with van der Waals surface area (Å²) in [6.07, 6.45) is 2.48. The zero-order valence-electron chi connectivity index (χ0n) is 17.1. The molecule has 0 aliphatic rings. The highest BCUT2D eigenvalue weighted by molar-refractivity contribution is 7.98. The highest BCUT2D eigenvalue weighted by Crippen LogP contribution is 2.41.